The molecule has 0 aliphatic carbocycles. The Morgan fingerprint density at radius 3 is 2.20 bits per heavy atom. The highest BCUT2D eigenvalue weighted by atomic mass is 16.4. The summed E-state index contributed by atoms with van der Waals surface area (Å²) in [5.41, 5.74) is -0.559. The van der Waals surface area contributed by atoms with E-state index in [1.54, 1.807) is 27.7 Å². The predicted molar refractivity (Wildman–Crippen MR) is 73.9 cm³/mol. The van der Waals surface area contributed by atoms with E-state index in [0.717, 1.165) is 0 Å². The predicted octanol–water partition coefficient (Wildman–Crippen LogP) is 0.716. The molecule has 3 unspecified atom stereocenters. The fourth-order valence-corrected chi connectivity index (χ4v) is 2.22. The quantitative estimate of drug-likeness (QED) is 0.799. The molecule has 3 atom stereocenters. The monoisotopic (exact) mass is 284 g/mol. The van der Waals surface area contributed by atoms with Gasteiger partial charge in [0.15, 0.2) is 0 Å². The Kier molecular flexibility index (Phi) is 4.78. The molecule has 1 fully saturated rings. The average Bonchev–Trinajstić information content (AvgIpc) is 2.68. The van der Waals surface area contributed by atoms with E-state index in [1.807, 2.05) is 6.92 Å². The molecule has 1 aliphatic rings. The van der Waals surface area contributed by atoms with Gasteiger partial charge in [0, 0.05) is 18.5 Å². The largest absolute Gasteiger partial charge is 0.481 e. The highest BCUT2D eigenvalue weighted by Crippen LogP contribution is 2.23. The number of hydrogen-bond donors (Lipinski definition) is 2. The Hall–Kier alpha value is -1.59. The summed E-state index contributed by atoms with van der Waals surface area (Å²) in [5, 5.41) is 11.7. The van der Waals surface area contributed by atoms with Gasteiger partial charge in [-0.25, -0.2) is 0 Å². The molecular formula is C14H24N2O4. The summed E-state index contributed by atoms with van der Waals surface area (Å²) >= 11 is 0. The van der Waals surface area contributed by atoms with Crippen molar-refractivity contribution in [2.45, 2.75) is 40.7 Å². The molecule has 0 aromatic carbocycles. The van der Waals surface area contributed by atoms with Crippen LogP contribution in [-0.4, -0.2) is 46.9 Å². The van der Waals surface area contributed by atoms with Crippen LogP contribution in [-0.2, 0) is 14.4 Å². The van der Waals surface area contributed by atoms with Crippen LogP contribution < -0.4 is 5.32 Å². The number of nitrogens with one attached hydrogen (secondary N) is 1. The second kappa shape index (κ2) is 5.81. The third-order valence-corrected chi connectivity index (χ3v) is 3.64. The minimum absolute atomic E-state index is 0.0676. The first-order chi connectivity index (χ1) is 9.04. The van der Waals surface area contributed by atoms with Gasteiger partial charge in [0.2, 0.25) is 11.8 Å². The molecule has 6 nitrogen and oxygen atoms in total. The van der Waals surface area contributed by atoms with Gasteiger partial charge < -0.3 is 15.3 Å². The van der Waals surface area contributed by atoms with Crippen LogP contribution in [0.25, 0.3) is 0 Å². The molecule has 0 spiro atoms. The second-order valence-corrected chi connectivity index (χ2v) is 6.61. The highest BCUT2D eigenvalue weighted by molar-refractivity contribution is 5.89. The molecule has 1 saturated heterocycles. The maximum absolute atomic E-state index is 12.2. The van der Waals surface area contributed by atoms with E-state index in [4.69, 9.17) is 5.11 Å². The van der Waals surface area contributed by atoms with Crippen LogP contribution in [0.3, 0.4) is 0 Å². The van der Waals surface area contributed by atoms with Crippen LogP contribution in [0.5, 0.6) is 0 Å². The summed E-state index contributed by atoms with van der Waals surface area (Å²) in [6.45, 7) is 9.42. The molecule has 1 heterocycles. The van der Waals surface area contributed by atoms with Gasteiger partial charge in [-0.05, 0) is 12.8 Å². The molecule has 2 N–H and O–H groups in total. The number of likely N-dealkylation sites (tertiary alicyclic amines) is 1. The van der Waals surface area contributed by atoms with Crippen LogP contribution >= 0.6 is 0 Å². The van der Waals surface area contributed by atoms with E-state index in [2.05, 4.69) is 5.32 Å². The maximum atomic E-state index is 12.2. The van der Waals surface area contributed by atoms with E-state index in [-0.39, 0.29) is 24.3 Å². The van der Waals surface area contributed by atoms with Crippen molar-refractivity contribution in [3.63, 3.8) is 0 Å². The normalized spacial score (nSPS) is 24.4. The fraction of sp³-hybridized carbons (Fsp3) is 0.786. The maximum Gasteiger partial charge on any atom is 0.308 e. The molecule has 114 valence electrons. The van der Waals surface area contributed by atoms with E-state index in [9.17, 15) is 14.4 Å². The number of carbonyl (C=O) groups excluding carboxylic acids is 2. The molecule has 0 aromatic heterocycles. The number of rotatable bonds is 3. The number of aliphatic carboxylic acids is 1. The zero-order valence-corrected chi connectivity index (χ0v) is 12.8. The van der Waals surface area contributed by atoms with E-state index in [0.29, 0.717) is 6.54 Å². The lowest BCUT2D eigenvalue weighted by Gasteiger charge is -2.25. The lowest BCUT2D eigenvalue weighted by atomic mass is 9.95. The molecule has 20 heavy (non-hydrogen) atoms. The SMILES string of the molecule is CC(NC(=O)C(C)(C)C)C(=O)N1CC(C)C(C(=O)O)C1. The van der Waals surface area contributed by atoms with E-state index < -0.39 is 23.3 Å². The van der Waals surface area contributed by atoms with Gasteiger partial charge in [-0.2, -0.15) is 0 Å². The number of hydrogen-bond acceptors (Lipinski definition) is 3. The fourth-order valence-electron chi connectivity index (χ4n) is 2.22. The Morgan fingerprint density at radius 2 is 1.80 bits per heavy atom. The van der Waals surface area contributed by atoms with Crippen LogP contribution in [0.2, 0.25) is 0 Å². The van der Waals surface area contributed by atoms with Crippen LogP contribution in [0.4, 0.5) is 0 Å². The Labute approximate surface area is 119 Å². The standard InChI is InChI=1S/C14H24N2O4/c1-8-6-16(7-10(8)12(18)19)11(17)9(2)15-13(20)14(3,4)5/h8-10H,6-7H2,1-5H3,(H,15,20)(H,18,19). The van der Waals surface area contributed by atoms with Gasteiger partial charge in [0.25, 0.3) is 0 Å². The summed E-state index contributed by atoms with van der Waals surface area (Å²) in [4.78, 5) is 36.7. The number of amides is 2. The molecule has 6 heteroatoms. The van der Waals surface area contributed by atoms with E-state index in [1.165, 1.54) is 4.90 Å². The minimum Gasteiger partial charge on any atom is -0.481 e. The summed E-state index contributed by atoms with van der Waals surface area (Å²) < 4.78 is 0. The minimum atomic E-state index is -0.876. The van der Waals surface area contributed by atoms with Crippen molar-refractivity contribution in [2.24, 2.45) is 17.3 Å². The van der Waals surface area contributed by atoms with Gasteiger partial charge in [-0.15, -0.1) is 0 Å². The summed E-state index contributed by atoms with van der Waals surface area (Å²) in [5.74, 6) is -1.89. The first-order valence-corrected chi connectivity index (χ1v) is 6.86. The third kappa shape index (κ3) is 3.71. The Morgan fingerprint density at radius 1 is 1.25 bits per heavy atom. The molecule has 0 radical (unpaired) electrons. The van der Waals surface area contributed by atoms with Gasteiger partial charge in [0.05, 0.1) is 5.92 Å². The average molecular weight is 284 g/mol. The van der Waals surface area contributed by atoms with Crippen molar-refractivity contribution < 1.29 is 19.5 Å². The topological polar surface area (TPSA) is 86.7 Å². The zero-order chi connectivity index (χ0) is 15.7. The first-order valence-electron chi connectivity index (χ1n) is 6.86. The summed E-state index contributed by atoms with van der Waals surface area (Å²) in [6, 6.07) is -0.638. The highest BCUT2D eigenvalue weighted by Gasteiger charge is 2.38. The van der Waals surface area contributed by atoms with Crippen molar-refractivity contribution in [3.05, 3.63) is 0 Å². The molecule has 0 aromatic rings. The molecule has 1 aliphatic heterocycles. The van der Waals surface area contributed by atoms with Gasteiger partial charge in [0.1, 0.15) is 6.04 Å². The first kappa shape index (κ1) is 16.5. The number of carbonyl (C=O) groups is 3. The van der Waals surface area contributed by atoms with Crippen molar-refractivity contribution in [3.8, 4) is 0 Å². The number of carboxylic acid groups (broad SMARTS) is 1. The van der Waals surface area contributed by atoms with E-state index >= 15 is 0 Å². The van der Waals surface area contributed by atoms with Gasteiger partial charge in [-0.1, -0.05) is 27.7 Å². The van der Waals surface area contributed by atoms with Crippen LogP contribution in [0.1, 0.15) is 34.6 Å². The van der Waals surface area contributed by atoms with Gasteiger partial charge >= 0.3 is 5.97 Å². The van der Waals surface area contributed by atoms with Gasteiger partial charge in [-0.3, -0.25) is 14.4 Å². The van der Waals surface area contributed by atoms with Crippen LogP contribution in [0, 0.1) is 17.3 Å². The molecule has 1 rings (SSSR count). The number of carboxylic acids is 1. The van der Waals surface area contributed by atoms with Crippen molar-refractivity contribution in [1.82, 2.24) is 10.2 Å². The third-order valence-electron chi connectivity index (χ3n) is 3.64. The molecular weight excluding hydrogens is 260 g/mol. The Balaban J connectivity index is 2.63. The molecule has 2 amide bonds. The zero-order valence-electron chi connectivity index (χ0n) is 12.8. The lowest BCUT2D eigenvalue weighted by Crippen LogP contribution is -2.49. The smallest absolute Gasteiger partial charge is 0.308 e. The lowest BCUT2D eigenvalue weighted by molar-refractivity contribution is -0.142. The molecule has 0 bridgehead atoms. The van der Waals surface area contributed by atoms with Crippen LogP contribution in [0.15, 0.2) is 0 Å². The Bertz CT molecular complexity index is 414. The van der Waals surface area contributed by atoms with Crippen molar-refractivity contribution in [1.29, 1.82) is 0 Å². The summed E-state index contributed by atoms with van der Waals surface area (Å²) in [7, 11) is 0. The van der Waals surface area contributed by atoms with Crippen molar-refractivity contribution >= 4 is 17.8 Å². The number of nitrogens with zero attached hydrogens (tertiary/aromatic N) is 1. The summed E-state index contributed by atoms with van der Waals surface area (Å²) in [6.07, 6.45) is 0. The van der Waals surface area contributed by atoms with Crippen molar-refractivity contribution in [2.75, 3.05) is 13.1 Å². The second-order valence-electron chi connectivity index (χ2n) is 6.61. The molecule has 0 saturated carbocycles.